The molecule has 1 atom stereocenters. The summed E-state index contributed by atoms with van der Waals surface area (Å²) in [5, 5.41) is 1.90. The minimum atomic E-state index is -3.78. The molecule has 0 fully saturated rings. The van der Waals surface area contributed by atoms with E-state index in [1.54, 1.807) is 36.7 Å². The summed E-state index contributed by atoms with van der Waals surface area (Å²) in [5.41, 5.74) is 1.68. The Morgan fingerprint density at radius 2 is 1.66 bits per heavy atom. The smallest absolute Gasteiger partial charge is 0.244 e. The van der Waals surface area contributed by atoms with Gasteiger partial charge in [-0.3, -0.25) is 0 Å². The third-order valence-corrected chi connectivity index (χ3v) is 7.92. The van der Waals surface area contributed by atoms with Crippen LogP contribution in [0.1, 0.15) is 17.3 Å². The van der Waals surface area contributed by atoms with Crippen LogP contribution in [0.5, 0.6) is 11.5 Å². The van der Waals surface area contributed by atoms with E-state index in [1.807, 2.05) is 60.8 Å². The molecule has 0 radical (unpaired) electrons. The Morgan fingerprint density at radius 3 is 2.44 bits per heavy atom. The average molecular weight is 449 g/mol. The molecule has 0 bridgehead atoms. The lowest BCUT2D eigenvalue weighted by Crippen LogP contribution is -2.42. The van der Waals surface area contributed by atoms with Crippen molar-refractivity contribution in [1.82, 2.24) is 8.87 Å². The van der Waals surface area contributed by atoms with Gasteiger partial charge in [0.2, 0.25) is 10.0 Å². The van der Waals surface area contributed by atoms with Crippen molar-refractivity contribution in [1.29, 1.82) is 0 Å². The van der Waals surface area contributed by atoms with Crippen LogP contribution < -0.4 is 9.47 Å². The lowest BCUT2D eigenvalue weighted by molar-refractivity contribution is 0.290. The molecule has 5 rings (SSSR count). The van der Waals surface area contributed by atoms with Crippen molar-refractivity contribution < 1.29 is 17.9 Å². The van der Waals surface area contributed by atoms with Gasteiger partial charge in [-0.15, -0.1) is 0 Å². The van der Waals surface area contributed by atoms with Gasteiger partial charge in [-0.05, 0) is 47.2 Å². The van der Waals surface area contributed by atoms with Crippen LogP contribution in [0.25, 0.3) is 10.8 Å². The predicted octanol–water partition coefficient (Wildman–Crippen LogP) is 4.45. The van der Waals surface area contributed by atoms with Crippen molar-refractivity contribution in [2.45, 2.75) is 17.5 Å². The highest BCUT2D eigenvalue weighted by atomic mass is 32.2. The summed E-state index contributed by atoms with van der Waals surface area (Å²) in [5.74, 6) is 1.24. The maximum Gasteiger partial charge on any atom is 0.244 e. The van der Waals surface area contributed by atoms with E-state index >= 15 is 0 Å². The second-order valence-corrected chi connectivity index (χ2v) is 9.65. The second kappa shape index (κ2) is 8.00. The third-order valence-electron chi connectivity index (χ3n) is 6.06. The van der Waals surface area contributed by atoms with E-state index in [4.69, 9.17) is 9.47 Å². The van der Waals surface area contributed by atoms with Gasteiger partial charge in [0, 0.05) is 36.6 Å². The largest absolute Gasteiger partial charge is 0.497 e. The van der Waals surface area contributed by atoms with Crippen LogP contribution in [0.2, 0.25) is 0 Å². The highest BCUT2D eigenvalue weighted by molar-refractivity contribution is 7.89. The normalized spacial score (nSPS) is 16.6. The number of ether oxygens (including phenoxy) is 2. The Kier molecular flexibility index (Phi) is 5.15. The zero-order valence-electron chi connectivity index (χ0n) is 17.9. The van der Waals surface area contributed by atoms with Crippen molar-refractivity contribution in [3.05, 3.63) is 90.3 Å². The van der Waals surface area contributed by atoms with E-state index in [0.717, 1.165) is 22.0 Å². The van der Waals surface area contributed by atoms with Gasteiger partial charge in [-0.25, -0.2) is 8.42 Å². The van der Waals surface area contributed by atoms with Crippen molar-refractivity contribution >= 4 is 20.8 Å². The van der Waals surface area contributed by atoms with Gasteiger partial charge in [0.25, 0.3) is 0 Å². The number of fused-ring (bicyclic) bond motifs is 2. The van der Waals surface area contributed by atoms with Crippen LogP contribution in [0.4, 0.5) is 0 Å². The number of aromatic nitrogens is 1. The lowest BCUT2D eigenvalue weighted by atomic mass is 10.0. The zero-order chi connectivity index (χ0) is 22.3. The van der Waals surface area contributed by atoms with Crippen molar-refractivity contribution in [3.8, 4) is 11.5 Å². The molecule has 4 aromatic rings. The topological polar surface area (TPSA) is 60.8 Å². The van der Waals surface area contributed by atoms with Crippen molar-refractivity contribution in [3.63, 3.8) is 0 Å². The molecule has 1 aliphatic heterocycles. The molecule has 164 valence electrons. The van der Waals surface area contributed by atoms with Crippen LogP contribution in [0.15, 0.2) is 83.9 Å². The van der Waals surface area contributed by atoms with Crippen LogP contribution in [0.3, 0.4) is 0 Å². The fourth-order valence-electron chi connectivity index (χ4n) is 4.44. The molecule has 0 saturated heterocycles. The maximum absolute atomic E-state index is 13.9. The first-order valence-corrected chi connectivity index (χ1v) is 11.8. The number of sulfonamides is 1. The molecule has 1 aliphatic rings. The van der Waals surface area contributed by atoms with E-state index < -0.39 is 16.1 Å². The van der Waals surface area contributed by atoms with Gasteiger partial charge in [0.1, 0.15) is 11.5 Å². The molecule has 1 aromatic heterocycles. The lowest BCUT2D eigenvalue weighted by Gasteiger charge is -2.37. The summed E-state index contributed by atoms with van der Waals surface area (Å²) < 4.78 is 42.5. The minimum absolute atomic E-state index is 0.286. The fourth-order valence-corrected chi connectivity index (χ4v) is 6.05. The van der Waals surface area contributed by atoms with Gasteiger partial charge in [-0.2, -0.15) is 4.31 Å². The van der Waals surface area contributed by atoms with E-state index in [2.05, 4.69) is 4.57 Å². The van der Waals surface area contributed by atoms with Crippen LogP contribution in [-0.4, -0.2) is 38.1 Å². The number of hydrogen-bond acceptors (Lipinski definition) is 4. The molecule has 0 saturated carbocycles. The Balaban J connectivity index is 1.66. The first kappa shape index (κ1) is 20.6. The summed E-state index contributed by atoms with van der Waals surface area (Å²) in [4.78, 5) is 0.286. The van der Waals surface area contributed by atoms with Crippen molar-refractivity contribution in [2.75, 3.05) is 20.8 Å². The third kappa shape index (κ3) is 3.34. The molecule has 0 aliphatic carbocycles. The summed E-state index contributed by atoms with van der Waals surface area (Å²) in [7, 11) is -0.599. The van der Waals surface area contributed by atoms with Gasteiger partial charge in [0.15, 0.2) is 0 Å². The Hall–Kier alpha value is -3.29. The molecule has 6 nitrogen and oxygen atoms in total. The molecule has 0 N–H and O–H groups in total. The molecule has 7 heteroatoms. The zero-order valence-corrected chi connectivity index (χ0v) is 18.7. The van der Waals surface area contributed by atoms with E-state index in [0.29, 0.717) is 24.6 Å². The Morgan fingerprint density at radius 1 is 0.844 bits per heavy atom. The summed E-state index contributed by atoms with van der Waals surface area (Å²) >= 11 is 0. The van der Waals surface area contributed by atoms with E-state index in [9.17, 15) is 8.42 Å². The highest BCUT2D eigenvalue weighted by Gasteiger charge is 2.39. The molecule has 0 spiro atoms. The SMILES string of the molecule is COc1ccc(C2c3cccn3CCN2S(=O)(=O)c2ccc3ccccc3c2)c(OC)c1. The molecule has 1 unspecified atom stereocenters. The fraction of sp³-hybridized carbons (Fsp3) is 0.200. The summed E-state index contributed by atoms with van der Waals surface area (Å²) in [6, 6.07) is 22.0. The average Bonchev–Trinajstić information content (AvgIpc) is 3.31. The van der Waals surface area contributed by atoms with E-state index in [1.165, 1.54) is 0 Å². The maximum atomic E-state index is 13.9. The minimum Gasteiger partial charge on any atom is -0.497 e. The number of nitrogens with zero attached hydrogens (tertiary/aromatic N) is 2. The van der Waals surface area contributed by atoms with Crippen LogP contribution >= 0.6 is 0 Å². The van der Waals surface area contributed by atoms with Gasteiger partial charge < -0.3 is 14.0 Å². The monoisotopic (exact) mass is 448 g/mol. The standard InChI is InChI=1S/C25H24N2O4S/c1-30-20-10-12-22(24(17-20)31-2)25-23-8-5-13-26(23)14-15-27(25)32(28,29)21-11-9-18-6-3-4-7-19(18)16-21/h3-13,16-17,25H,14-15H2,1-2H3. The Labute approximate surface area is 187 Å². The van der Waals surface area contributed by atoms with Crippen LogP contribution in [-0.2, 0) is 16.6 Å². The van der Waals surface area contributed by atoms with Gasteiger partial charge in [0.05, 0.1) is 25.2 Å². The number of hydrogen-bond donors (Lipinski definition) is 0. The highest BCUT2D eigenvalue weighted by Crippen LogP contribution is 2.41. The molecular formula is C25H24N2O4S. The summed E-state index contributed by atoms with van der Waals surface area (Å²) in [6.45, 7) is 0.945. The molecule has 3 aromatic carbocycles. The molecular weight excluding hydrogens is 424 g/mol. The number of benzene rings is 3. The predicted molar refractivity (Wildman–Crippen MR) is 124 cm³/mol. The second-order valence-electron chi connectivity index (χ2n) is 7.76. The first-order chi connectivity index (χ1) is 15.5. The van der Waals surface area contributed by atoms with Crippen molar-refractivity contribution in [2.24, 2.45) is 0 Å². The van der Waals surface area contributed by atoms with Gasteiger partial charge >= 0.3 is 0 Å². The quantitative estimate of drug-likeness (QED) is 0.453. The van der Waals surface area contributed by atoms with E-state index in [-0.39, 0.29) is 4.90 Å². The van der Waals surface area contributed by atoms with Crippen LogP contribution in [0, 0.1) is 0 Å². The summed E-state index contributed by atoms with van der Waals surface area (Å²) in [6.07, 6.45) is 1.98. The van der Waals surface area contributed by atoms with Gasteiger partial charge in [-0.1, -0.05) is 30.3 Å². The number of rotatable bonds is 5. The first-order valence-electron chi connectivity index (χ1n) is 10.4. The number of methoxy groups -OCH3 is 2. The molecule has 32 heavy (non-hydrogen) atoms. The Bertz CT molecular complexity index is 1390. The molecule has 2 heterocycles. The molecule has 0 amide bonds.